The summed E-state index contributed by atoms with van der Waals surface area (Å²) in [4.78, 5) is 12.3. The maximum absolute atomic E-state index is 12.3. The molecule has 8 heteroatoms. The smallest absolute Gasteiger partial charge is 0.263 e. The standard InChI is InChI=1S/C20H18ClN3O4/c1-12-5-16(18(26-2)7-15(12)21)23-10-14(8-22)20(25)24-9-13-3-4-17-19(6-13)28-11-27-17/h3-7,10,23H,9,11H2,1-2H3,(H,24,25)/b14-10-. The van der Waals surface area contributed by atoms with Crippen LogP contribution in [0.1, 0.15) is 11.1 Å². The van der Waals surface area contributed by atoms with E-state index in [1.807, 2.05) is 19.1 Å². The molecule has 0 saturated heterocycles. The lowest BCUT2D eigenvalue weighted by Gasteiger charge is -2.11. The molecule has 3 rings (SSSR count). The van der Waals surface area contributed by atoms with Crippen LogP contribution in [0.25, 0.3) is 0 Å². The van der Waals surface area contributed by atoms with E-state index in [2.05, 4.69) is 10.6 Å². The molecule has 0 unspecified atom stereocenters. The van der Waals surface area contributed by atoms with Gasteiger partial charge in [0.05, 0.1) is 12.8 Å². The van der Waals surface area contributed by atoms with Crippen LogP contribution in [0.3, 0.4) is 0 Å². The number of nitrogens with zero attached hydrogens (tertiary/aromatic N) is 1. The van der Waals surface area contributed by atoms with Gasteiger partial charge in [-0.1, -0.05) is 17.7 Å². The number of hydrogen-bond acceptors (Lipinski definition) is 6. The van der Waals surface area contributed by atoms with Crippen LogP contribution in [0.4, 0.5) is 5.69 Å². The monoisotopic (exact) mass is 399 g/mol. The number of nitriles is 1. The summed E-state index contributed by atoms with van der Waals surface area (Å²) in [5.41, 5.74) is 2.19. The van der Waals surface area contributed by atoms with E-state index in [4.69, 9.17) is 25.8 Å². The van der Waals surface area contributed by atoms with Crippen LogP contribution in [0.15, 0.2) is 42.1 Å². The number of hydrogen-bond donors (Lipinski definition) is 2. The fourth-order valence-corrected chi connectivity index (χ4v) is 2.73. The molecule has 2 N–H and O–H groups in total. The van der Waals surface area contributed by atoms with Gasteiger partial charge in [0.25, 0.3) is 5.91 Å². The van der Waals surface area contributed by atoms with Crippen molar-refractivity contribution in [2.45, 2.75) is 13.5 Å². The fraction of sp³-hybridized carbons (Fsp3) is 0.200. The van der Waals surface area contributed by atoms with E-state index in [0.717, 1.165) is 11.1 Å². The molecule has 0 atom stereocenters. The Morgan fingerprint density at radius 2 is 2.11 bits per heavy atom. The van der Waals surface area contributed by atoms with E-state index >= 15 is 0 Å². The number of ether oxygens (including phenoxy) is 3. The number of amides is 1. The third kappa shape index (κ3) is 4.30. The Hall–Kier alpha value is -3.37. The highest BCUT2D eigenvalue weighted by molar-refractivity contribution is 6.31. The molecule has 0 radical (unpaired) electrons. The lowest BCUT2D eigenvalue weighted by atomic mass is 10.2. The van der Waals surface area contributed by atoms with Crippen molar-refractivity contribution in [1.82, 2.24) is 5.32 Å². The molecule has 7 nitrogen and oxygen atoms in total. The van der Waals surface area contributed by atoms with Crippen molar-refractivity contribution in [3.05, 3.63) is 58.3 Å². The lowest BCUT2D eigenvalue weighted by molar-refractivity contribution is -0.117. The number of halogens is 1. The van der Waals surface area contributed by atoms with Crippen LogP contribution in [-0.4, -0.2) is 19.8 Å². The number of nitrogens with one attached hydrogen (secondary N) is 2. The lowest BCUT2D eigenvalue weighted by Crippen LogP contribution is -2.24. The van der Waals surface area contributed by atoms with Gasteiger partial charge >= 0.3 is 0 Å². The Morgan fingerprint density at radius 1 is 1.32 bits per heavy atom. The fourth-order valence-electron chi connectivity index (χ4n) is 2.57. The average molecular weight is 400 g/mol. The van der Waals surface area contributed by atoms with Gasteiger partial charge in [-0.05, 0) is 36.2 Å². The highest BCUT2D eigenvalue weighted by atomic mass is 35.5. The first-order valence-corrected chi connectivity index (χ1v) is 8.77. The minimum atomic E-state index is -0.502. The summed E-state index contributed by atoms with van der Waals surface area (Å²) < 4.78 is 15.8. The van der Waals surface area contributed by atoms with Gasteiger partial charge < -0.3 is 24.8 Å². The predicted octanol–water partition coefficient (Wildman–Crippen LogP) is 3.52. The van der Waals surface area contributed by atoms with E-state index < -0.39 is 5.91 Å². The topological polar surface area (TPSA) is 92.6 Å². The normalized spacial score (nSPS) is 12.3. The second-order valence-electron chi connectivity index (χ2n) is 5.99. The van der Waals surface area contributed by atoms with E-state index in [1.165, 1.54) is 13.3 Å². The van der Waals surface area contributed by atoms with Crippen molar-refractivity contribution in [3.8, 4) is 23.3 Å². The number of carbonyl (C=O) groups excluding carboxylic acids is 1. The minimum absolute atomic E-state index is 0.0737. The Kier molecular flexibility index (Phi) is 5.92. The van der Waals surface area contributed by atoms with Crippen LogP contribution < -0.4 is 24.8 Å². The van der Waals surface area contributed by atoms with Gasteiger partial charge in [0.15, 0.2) is 11.5 Å². The summed E-state index contributed by atoms with van der Waals surface area (Å²) in [6, 6.07) is 10.7. The molecule has 0 fully saturated rings. The van der Waals surface area contributed by atoms with E-state index in [-0.39, 0.29) is 18.9 Å². The number of aryl methyl sites for hydroxylation is 1. The number of rotatable bonds is 6. The first-order chi connectivity index (χ1) is 13.5. The third-order valence-electron chi connectivity index (χ3n) is 4.11. The Morgan fingerprint density at radius 3 is 2.86 bits per heavy atom. The van der Waals surface area contributed by atoms with Gasteiger partial charge in [-0.3, -0.25) is 4.79 Å². The summed E-state index contributed by atoms with van der Waals surface area (Å²) in [5, 5.41) is 15.5. The molecular weight excluding hydrogens is 382 g/mol. The van der Waals surface area contributed by atoms with Gasteiger partial charge in [-0.2, -0.15) is 5.26 Å². The van der Waals surface area contributed by atoms with Crippen molar-refractivity contribution in [1.29, 1.82) is 5.26 Å². The number of fused-ring (bicyclic) bond motifs is 1. The largest absolute Gasteiger partial charge is 0.495 e. The zero-order valence-corrected chi connectivity index (χ0v) is 16.1. The number of anilines is 1. The molecular formula is C20H18ClN3O4. The second kappa shape index (κ2) is 8.55. The second-order valence-corrected chi connectivity index (χ2v) is 6.39. The maximum atomic E-state index is 12.3. The molecule has 0 aliphatic carbocycles. The molecule has 1 amide bonds. The first-order valence-electron chi connectivity index (χ1n) is 8.39. The SMILES string of the molecule is COc1cc(Cl)c(C)cc1N/C=C(/C#N)C(=O)NCc1ccc2c(c1)OCO2. The van der Waals surface area contributed by atoms with Crippen molar-refractivity contribution in [3.63, 3.8) is 0 Å². The summed E-state index contributed by atoms with van der Waals surface area (Å²) in [6.07, 6.45) is 1.33. The van der Waals surface area contributed by atoms with Crippen molar-refractivity contribution in [2.24, 2.45) is 0 Å². The molecule has 144 valence electrons. The Balaban J connectivity index is 1.66. The van der Waals surface area contributed by atoms with Crippen LogP contribution in [0.2, 0.25) is 5.02 Å². The third-order valence-corrected chi connectivity index (χ3v) is 4.52. The van der Waals surface area contributed by atoms with E-state index in [0.29, 0.717) is 28.0 Å². The van der Waals surface area contributed by atoms with Crippen LogP contribution in [0.5, 0.6) is 17.2 Å². The molecule has 1 heterocycles. The van der Waals surface area contributed by atoms with Crippen molar-refractivity contribution >= 4 is 23.2 Å². The molecule has 2 aromatic carbocycles. The molecule has 2 aromatic rings. The number of benzene rings is 2. The quantitative estimate of drug-likeness (QED) is 0.570. The van der Waals surface area contributed by atoms with Gasteiger partial charge in [0.2, 0.25) is 6.79 Å². The first kappa shape index (κ1) is 19.4. The highest BCUT2D eigenvalue weighted by Crippen LogP contribution is 2.32. The number of methoxy groups -OCH3 is 1. The molecule has 0 spiro atoms. The summed E-state index contributed by atoms with van der Waals surface area (Å²) >= 11 is 6.08. The molecule has 1 aliphatic heterocycles. The van der Waals surface area contributed by atoms with E-state index in [9.17, 15) is 10.1 Å². The van der Waals surface area contributed by atoms with E-state index in [1.54, 1.807) is 24.3 Å². The van der Waals surface area contributed by atoms with Crippen LogP contribution in [-0.2, 0) is 11.3 Å². The molecule has 0 saturated carbocycles. The maximum Gasteiger partial charge on any atom is 0.263 e. The zero-order valence-electron chi connectivity index (χ0n) is 15.3. The molecule has 1 aliphatic rings. The molecule has 0 bridgehead atoms. The Bertz CT molecular complexity index is 982. The predicted molar refractivity (Wildman–Crippen MR) is 104 cm³/mol. The molecule has 28 heavy (non-hydrogen) atoms. The van der Waals surface area contributed by atoms with Gasteiger partial charge in [-0.15, -0.1) is 0 Å². The van der Waals surface area contributed by atoms with Crippen molar-refractivity contribution in [2.75, 3.05) is 19.2 Å². The minimum Gasteiger partial charge on any atom is -0.495 e. The highest BCUT2D eigenvalue weighted by Gasteiger charge is 2.14. The summed E-state index contributed by atoms with van der Waals surface area (Å²) in [5.74, 6) is 1.31. The average Bonchev–Trinajstić information content (AvgIpc) is 3.17. The van der Waals surface area contributed by atoms with Gasteiger partial charge in [0, 0.05) is 23.8 Å². The van der Waals surface area contributed by atoms with Crippen LogP contribution >= 0.6 is 11.6 Å². The molecule has 0 aromatic heterocycles. The number of carbonyl (C=O) groups is 1. The Labute approximate surface area is 167 Å². The van der Waals surface area contributed by atoms with Crippen LogP contribution in [0, 0.1) is 18.3 Å². The summed E-state index contributed by atoms with van der Waals surface area (Å²) in [7, 11) is 1.51. The summed E-state index contributed by atoms with van der Waals surface area (Å²) in [6.45, 7) is 2.28. The van der Waals surface area contributed by atoms with Gasteiger partial charge in [-0.25, -0.2) is 0 Å². The van der Waals surface area contributed by atoms with Gasteiger partial charge in [0.1, 0.15) is 17.4 Å². The van der Waals surface area contributed by atoms with Crippen molar-refractivity contribution < 1.29 is 19.0 Å². The zero-order chi connectivity index (χ0) is 20.1.